The van der Waals surface area contributed by atoms with E-state index in [0.717, 1.165) is 50.3 Å². The maximum absolute atomic E-state index is 12.9. The Kier molecular flexibility index (Phi) is 7.74. The lowest BCUT2D eigenvalue weighted by Gasteiger charge is -2.32. The smallest absolute Gasteiger partial charge is 0.251 e. The van der Waals surface area contributed by atoms with Crippen molar-refractivity contribution in [2.75, 3.05) is 26.2 Å². The van der Waals surface area contributed by atoms with E-state index in [9.17, 15) is 13.2 Å². The van der Waals surface area contributed by atoms with Gasteiger partial charge in [-0.2, -0.15) is 4.31 Å². The molecular weight excluding hydrogens is 458 g/mol. The van der Waals surface area contributed by atoms with Crippen molar-refractivity contribution in [2.24, 2.45) is 5.92 Å². The van der Waals surface area contributed by atoms with Crippen LogP contribution in [0.5, 0.6) is 0 Å². The Morgan fingerprint density at radius 3 is 2.15 bits per heavy atom. The molecule has 2 aromatic carbocycles. The molecule has 1 amide bonds. The summed E-state index contributed by atoms with van der Waals surface area (Å²) < 4.78 is 27.3. The summed E-state index contributed by atoms with van der Waals surface area (Å²) in [4.78, 5) is 15.4. The van der Waals surface area contributed by atoms with E-state index >= 15 is 0 Å². The minimum absolute atomic E-state index is 0.123. The number of hydrogen-bond acceptors (Lipinski definition) is 4. The van der Waals surface area contributed by atoms with Gasteiger partial charge < -0.3 is 5.32 Å². The SMILES string of the molecule is CC1CCN(S(=O)(=O)c2ccc(C(=O)NC3CCN(Cc4ccc(Cl)cc4)CC3)cc2)CC1. The van der Waals surface area contributed by atoms with Gasteiger partial charge in [-0.25, -0.2) is 8.42 Å². The number of carbonyl (C=O) groups excluding carboxylic acids is 1. The van der Waals surface area contributed by atoms with Crippen LogP contribution >= 0.6 is 11.6 Å². The number of carbonyl (C=O) groups is 1. The summed E-state index contributed by atoms with van der Waals surface area (Å²) in [5.41, 5.74) is 1.72. The van der Waals surface area contributed by atoms with Crippen LogP contribution in [-0.2, 0) is 16.6 Å². The first-order valence-electron chi connectivity index (χ1n) is 11.7. The number of rotatable bonds is 6. The summed E-state index contributed by atoms with van der Waals surface area (Å²) >= 11 is 5.96. The highest BCUT2D eigenvalue weighted by molar-refractivity contribution is 7.89. The van der Waals surface area contributed by atoms with Crippen LogP contribution in [-0.4, -0.2) is 55.8 Å². The Hall–Kier alpha value is -1.93. The first kappa shape index (κ1) is 24.2. The highest BCUT2D eigenvalue weighted by atomic mass is 35.5. The second-order valence-electron chi connectivity index (χ2n) is 9.26. The van der Waals surface area contributed by atoms with Gasteiger partial charge in [-0.3, -0.25) is 9.69 Å². The third-order valence-electron chi connectivity index (χ3n) is 6.74. The van der Waals surface area contributed by atoms with Crippen LogP contribution in [0.15, 0.2) is 53.4 Å². The zero-order valence-electron chi connectivity index (χ0n) is 19.0. The van der Waals surface area contributed by atoms with E-state index < -0.39 is 10.0 Å². The molecule has 2 aromatic rings. The van der Waals surface area contributed by atoms with Crippen molar-refractivity contribution in [3.8, 4) is 0 Å². The lowest BCUT2D eigenvalue weighted by atomic mass is 10.0. The van der Waals surface area contributed by atoms with Gasteiger partial charge in [0.1, 0.15) is 0 Å². The molecule has 4 rings (SSSR count). The normalized spacial score (nSPS) is 19.5. The van der Waals surface area contributed by atoms with Crippen molar-refractivity contribution >= 4 is 27.5 Å². The molecule has 0 spiro atoms. The molecule has 0 unspecified atom stereocenters. The van der Waals surface area contributed by atoms with Crippen molar-refractivity contribution in [3.63, 3.8) is 0 Å². The fourth-order valence-corrected chi connectivity index (χ4v) is 6.10. The Morgan fingerprint density at radius 1 is 0.939 bits per heavy atom. The maximum atomic E-state index is 12.9. The molecule has 2 saturated heterocycles. The molecule has 8 heteroatoms. The zero-order chi connectivity index (χ0) is 23.4. The molecule has 0 aliphatic carbocycles. The van der Waals surface area contributed by atoms with Gasteiger partial charge in [0, 0.05) is 49.4 Å². The van der Waals surface area contributed by atoms with E-state index in [0.29, 0.717) is 24.6 Å². The Balaban J connectivity index is 1.28. The minimum Gasteiger partial charge on any atom is -0.349 e. The summed E-state index contributed by atoms with van der Waals surface area (Å²) in [5, 5.41) is 3.85. The van der Waals surface area contributed by atoms with Crippen molar-refractivity contribution in [1.29, 1.82) is 0 Å². The van der Waals surface area contributed by atoms with Gasteiger partial charge in [-0.15, -0.1) is 0 Å². The minimum atomic E-state index is -3.50. The Labute approximate surface area is 202 Å². The molecule has 0 saturated carbocycles. The average molecular weight is 490 g/mol. The standard InChI is InChI=1S/C25H32ClN3O3S/c1-19-10-16-29(17-11-19)33(31,32)24-8-4-21(5-9-24)25(30)27-23-12-14-28(15-13-23)18-20-2-6-22(26)7-3-20/h2-9,19,23H,10-18H2,1H3,(H,27,30). The lowest BCUT2D eigenvalue weighted by molar-refractivity contribution is 0.0909. The van der Waals surface area contributed by atoms with E-state index in [1.807, 2.05) is 24.3 Å². The molecule has 2 aliphatic rings. The number of hydrogen-bond donors (Lipinski definition) is 1. The van der Waals surface area contributed by atoms with Gasteiger partial charge >= 0.3 is 0 Å². The van der Waals surface area contributed by atoms with Crippen LogP contribution < -0.4 is 5.32 Å². The van der Waals surface area contributed by atoms with Crippen LogP contribution in [0.1, 0.15) is 48.5 Å². The molecule has 1 N–H and O–H groups in total. The summed E-state index contributed by atoms with van der Waals surface area (Å²) in [6.45, 7) is 5.98. The van der Waals surface area contributed by atoms with Crippen molar-refractivity contribution in [3.05, 3.63) is 64.7 Å². The second kappa shape index (κ2) is 10.6. The fraction of sp³-hybridized carbons (Fsp3) is 0.480. The highest BCUT2D eigenvalue weighted by Gasteiger charge is 2.28. The lowest BCUT2D eigenvalue weighted by Crippen LogP contribution is -2.44. The van der Waals surface area contributed by atoms with Crippen LogP contribution in [0.25, 0.3) is 0 Å². The molecule has 178 valence electrons. The quantitative estimate of drug-likeness (QED) is 0.661. The third kappa shape index (κ3) is 6.15. The van der Waals surface area contributed by atoms with Gasteiger partial charge in [0.15, 0.2) is 0 Å². The maximum Gasteiger partial charge on any atom is 0.251 e. The number of piperidine rings is 2. The Morgan fingerprint density at radius 2 is 1.55 bits per heavy atom. The molecule has 0 atom stereocenters. The van der Waals surface area contributed by atoms with Crippen LogP contribution in [0, 0.1) is 5.92 Å². The van der Waals surface area contributed by atoms with Crippen molar-refractivity contribution in [2.45, 2.75) is 50.1 Å². The van der Waals surface area contributed by atoms with E-state index in [1.54, 1.807) is 28.6 Å². The molecule has 0 aromatic heterocycles. The van der Waals surface area contributed by atoms with E-state index in [1.165, 1.54) is 5.56 Å². The number of amides is 1. The van der Waals surface area contributed by atoms with Gasteiger partial charge in [0.2, 0.25) is 10.0 Å². The first-order valence-corrected chi connectivity index (χ1v) is 13.5. The monoisotopic (exact) mass is 489 g/mol. The van der Waals surface area contributed by atoms with Crippen molar-refractivity contribution < 1.29 is 13.2 Å². The molecular formula is C25H32ClN3O3S. The predicted molar refractivity (Wildman–Crippen MR) is 131 cm³/mol. The third-order valence-corrected chi connectivity index (χ3v) is 8.90. The summed E-state index contributed by atoms with van der Waals surface area (Å²) in [5.74, 6) is 0.411. The number of sulfonamides is 1. The van der Waals surface area contributed by atoms with Gasteiger partial charge in [0.25, 0.3) is 5.91 Å². The van der Waals surface area contributed by atoms with E-state index in [2.05, 4.69) is 17.1 Å². The molecule has 2 heterocycles. The molecule has 33 heavy (non-hydrogen) atoms. The highest BCUT2D eigenvalue weighted by Crippen LogP contribution is 2.24. The van der Waals surface area contributed by atoms with Crippen LogP contribution in [0.4, 0.5) is 0 Å². The zero-order valence-corrected chi connectivity index (χ0v) is 20.6. The summed E-state index contributed by atoms with van der Waals surface area (Å²) in [6.07, 6.45) is 3.55. The topological polar surface area (TPSA) is 69.7 Å². The number of benzene rings is 2. The molecule has 2 aliphatic heterocycles. The van der Waals surface area contributed by atoms with Gasteiger partial charge in [-0.1, -0.05) is 30.7 Å². The van der Waals surface area contributed by atoms with E-state index in [4.69, 9.17) is 11.6 Å². The molecule has 2 fully saturated rings. The summed E-state index contributed by atoms with van der Waals surface area (Å²) in [7, 11) is -3.50. The number of nitrogens with one attached hydrogen (secondary N) is 1. The number of nitrogens with zero attached hydrogens (tertiary/aromatic N) is 2. The first-order chi connectivity index (χ1) is 15.8. The average Bonchev–Trinajstić information content (AvgIpc) is 2.82. The fourth-order valence-electron chi connectivity index (χ4n) is 4.50. The van der Waals surface area contributed by atoms with Crippen LogP contribution in [0.2, 0.25) is 5.02 Å². The molecule has 6 nitrogen and oxygen atoms in total. The largest absolute Gasteiger partial charge is 0.349 e. The second-order valence-corrected chi connectivity index (χ2v) is 11.6. The van der Waals surface area contributed by atoms with Crippen LogP contribution in [0.3, 0.4) is 0 Å². The van der Waals surface area contributed by atoms with Gasteiger partial charge in [0.05, 0.1) is 4.90 Å². The summed E-state index contributed by atoms with van der Waals surface area (Å²) in [6, 6.07) is 14.4. The predicted octanol–water partition coefficient (Wildman–Crippen LogP) is 4.16. The molecule has 0 radical (unpaired) electrons. The number of likely N-dealkylation sites (tertiary alicyclic amines) is 1. The number of halogens is 1. The van der Waals surface area contributed by atoms with Gasteiger partial charge in [-0.05, 0) is 73.6 Å². The van der Waals surface area contributed by atoms with Crippen molar-refractivity contribution in [1.82, 2.24) is 14.5 Å². The van der Waals surface area contributed by atoms with E-state index in [-0.39, 0.29) is 16.8 Å². The Bertz CT molecular complexity index is 1040. The molecule has 0 bridgehead atoms.